The number of amides is 2. The van der Waals surface area contributed by atoms with Crippen molar-refractivity contribution in [3.05, 3.63) is 157 Å². The molecule has 0 aliphatic heterocycles. The molecule has 10 rings (SSSR count). The fraction of sp³-hybridized carbons (Fsp3) is 0.309. The van der Waals surface area contributed by atoms with E-state index in [4.69, 9.17) is 21.1 Å². The van der Waals surface area contributed by atoms with Crippen molar-refractivity contribution >= 4 is 74.9 Å². The summed E-state index contributed by atoms with van der Waals surface area (Å²) in [5, 5.41) is 19.4. The molecule has 2 amide bonds. The van der Waals surface area contributed by atoms with Gasteiger partial charge in [-0.15, -0.1) is 0 Å². The number of aliphatic carboxylic acids is 1. The van der Waals surface area contributed by atoms with E-state index in [-0.39, 0.29) is 71.4 Å². The van der Waals surface area contributed by atoms with Gasteiger partial charge in [0.25, 0.3) is 17.9 Å². The first kappa shape index (κ1) is 61.9. The van der Waals surface area contributed by atoms with Crippen LogP contribution in [0.1, 0.15) is 95.8 Å². The number of carboxylic acids is 1. The van der Waals surface area contributed by atoms with Crippen LogP contribution in [-0.4, -0.2) is 81.4 Å². The highest BCUT2D eigenvalue weighted by Gasteiger charge is 2.67. The lowest BCUT2D eigenvalue weighted by Gasteiger charge is -2.31. The first-order valence-electron chi connectivity index (χ1n) is 25.9. The molecule has 0 bridgehead atoms. The van der Waals surface area contributed by atoms with Crippen LogP contribution in [0, 0.1) is 24.5 Å². The molecule has 0 saturated heterocycles. The largest absolute Gasteiger partial charge is 0.524 e. The van der Waals surface area contributed by atoms with Gasteiger partial charge in [-0.3, -0.25) is 42.9 Å². The fourth-order valence-corrected chi connectivity index (χ4v) is 13.0. The van der Waals surface area contributed by atoms with Crippen LogP contribution in [0.15, 0.2) is 83.7 Å². The van der Waals surface area contributed by atoms with Gasteiger partial charge in [0, 0.05) is 54.0 Å². The Morgan fingerprint density at radius 3 is 2.30 bits per heavy atom. The first-order chi connectivity index (χ1) is 40.4. The molecule has 458 valence electrons. The SMILES string of the molecule is Cc1cc(CC(=O)O)c(C(C)(C)CC(=O)N(c2nn(C)c3c(-n4c([C@H](Cc5cc(F)cc(F)c5)NC(=O)Cn5nc(C(F)F)c6c5C(F)(F)[C@@H]5C[C@H]65)nc5cc(-c6cccc(C(F)(F)F)n6)ccc5c4=O)ccc(Cl)c23)S(C)(=O)=O)c(OP(=O)(O)O)c1. The Morgan fingerprint density at radius 2 is 1.67 bits per heavy atom. The van der Waals surface area contributed by atoms with Gasteiger partial charge in [0.05, 0.1) is 56.9 Å². The number of carbonyl (C=O) groups excluding carboxylic acids is 2. The van der Waals surface area contributed by atoms with E-state index in [9.17, 15) is 64.2 Å². The van der Waals surface area contributed by atoms with Crippen molar-refractivity contribution in [2.24, 2.45) is 13.0 Å². The number of carbonyl (C=O) groups is 3. The lowest BCUT2D eigenvalue weighted by atomic mass is 9.77. The maximum absolute atomic E-state index is 15.8. The number of sulfonamides is 1. The maximum atomic E-state index is 15.8. The molecule has 3 atom stereocenters. The summed E-state index contributed by atoms with van der Waals surface area (Å²) in [7, 11) is -9.03. The van der Waals surface area contributed by atoms with Crippen LogP contribution >= 0.6 is 19.4 Å². The summed E-state index contributed by atoms with van der Waals surface area (Å²) in [6.07, 6.45) is -10.2. The molecule has 32 heteroatoms. The Morgan fingerprint density at radius 1 is 0.977 bits per heavy atom. The standard InChI is InChI=1S/C55H46ClF9N9O11PS/c1-24-13-27(19-42(77)78)45(38(14-24)85-86(80,81)82)53(2,3)22-41(76)74(87(5,83)84)51-44-33(56)11-12-37(47(44)71(4)70-51)73-50(68-35-18-26(9-10-30(35)52(73)79)34-7-6-8-39(66-34)55(63,64)65)36(17-25-15-28(57)20-29(58)16-25)67-40(75)23-72-48-43(46(69-72)49(59)60)31-21-32(31)54(48,61)62/h6-16,18,20,31-32,36,49H,17,19,21-23H2,1-5H3,(H,67,75)(H,77,78)(H2,80,81,82)/t31-,32+,36-/m0/s1. The number of aryl methyl sites for hydroxylation is 2. The van der Waals surface area contributed by atoms with Crippen molar-refractivity contribution in [1.82, 2.24) is 39.4 Å². The van der Waals surface area contributed by atoms with Gasteiger partial charge in [-0.2, -0.15) is 36.5 Å². The number of carboxylic acid groups (broad SMARTS) is 1. The Bertz CT molecular complexity index is 4440. The van der Waals surface area contributed by atoms with Gasteiger partial charge in [0.2, 0.25) is 21.8 Å². The monoisotopic (exact) mass is 1280 g/mol. The second-order valence-corrected chi connectivity index (χ2v) is 25.1. The molecule has 4 N–H and O–H groups in total. The zero-order valence-electron chi connectivity index (χ0n) is 45.7. The van der Waals surface area contributed by atoms with Crippen LogP contribution in [0.5, 0.6) is 5.75 Å². The number of phosphoric acid groups is 1. The zero-order chi connectivity index (χ0) is 63.5. The molecule has 0 unspecified atom stereocenters. The van der Waals surface area contributed by atoms with Gasteiger partial charge in [-0.1, -0.05) is 43.6 Å². The third-order valence-corrected chi connectivity index (χ3v) is 16.5. The van der Waals surface area contributed by atoms with E-state index in [1.807, 2.05) is 0 Å². The average molecular weight is 1280 g/mol. The number of nitrogens with one attached hydrogen (secondary N) is 1. The van der Waals surface area contributed by atoms with Gasteiger partial charge in [0.1, 0.15) is 46.8 Å². The summed E-state index contributed by atoms with van der Waals surface area (Å²) in [6, 6.07) is 11.6. The van der Waals surface area contributed by atoms with Gasteiger partial charge in [0.15, 0.2) is 5.82 Å². The number of pyridine rings is 1. The number of hydrogen-bond donors (Lipinski definition) is 4. The number of nitrogens with zero attached hydrogens (tertiary/aromatic N) is 8. The molecule has 4 heterocycles. The van der Waals surface area contributed by atoms with Gasteiger partial charge in [-0.25, -0.2) is 40.5 Å². The Kier molecular flexibility index (Phi) is 15.6. The smallest absolute Gasteiger partial charge is 0.481 e. The van der Waals surface area contributed by atoms with Crippen LogP contribution in [0.4, 0.5) is 45.3 Å². The minimum absolute atomic E-state index is 0.0526. The van der Waals surface area contributed by atoms with E-state index in [1.165, 1.54) is 58.2 Å². The second-order valence-electron chi connectivity index (χ2n) is 21.7. The number of hydrogen-bond acceptors (Lipinski definition) is 12. The van der Waals surface area contributed by atoms with Crippen molar-refractivity contribution in [3.8, 4) is 22.7 Å². The lowest BCUT2D eigenvalue weighted by molar-refractivity contribution is -0.141. The van der Waals surface area contributed by atoms with Crippen LogP contribution in [0.25, 0.3) is 38.8 Å². The normalized spacial score (nSPS) is 16.1. The molecule has 4 aromatic carbocycles. The fourth-order valence-electron chi connectivity index (χ4n) is 11.5. The van der Waals surface area contributed by atoms with E-state index in [0.29, 0.717) is 23.1 Å². The summed E-state index contributed by atoms with van der Waals surface area (Å²) < 4.78 is 180. The molecule has 4 aromatic heterocycles. The minimum atomic E-state index is -5.38. The number of anilines is 1. The molecule has 20 nitrogen and oxygen atoms in total. The highest BCUT2D eigenvalue weighted by molar-refractivity contribution is 7.92. The van der Waals surface area contributed by atoms with E-state index >= 15 is 22.4 Å². The molecule has 1 saturated carbocycles. The summed E-state index contributed by atoms with van der Waals surface area (Å²) in [5.41, 5.74) is -7.98. The van der Waals surface area contributed by atoms with Crippen molar-refractivity contribution in [2.45, 2.75) is 88.9 Å². The van der Waals surface area contributed by atoms with Crippen molar-refractivity contribution in [3.63, 3.8) is 0 Å². The predicted molar refractivity (Wildman–Crippen MR) is 293 cm³/mol. The quantitative estimate of drug-likeness (QED) is 0.0460. The summed E-state index contributed by atoms with van der Waals surface area (Å²) in [5.74, 6) is -14.1. The van der Waals surface area contributed by atoms with Crippen LogP contribution in [0.2, 0.25) is 5.02 Å². The maximum Gasteiger partial charge on any atom is 0.524 e. The van der Waals surface area contributed by atoms with E-state index in [0.717, 1.165) is 45.6 Å². The molecular weight excluding hydrogens is 1230 g/mol. The summed E-state index contributed by atoms with van der Waals surface area (Å²) >= 11 is 6.91. The number of phosphoric ester groups is 1. The Hall–Kier alpha value is -8.18. The molecule has 87 heavy (non-hydrogen) atoms. The molecule has 2 aliphatic carbocycles. The molecule has 8 aromatic rings. The van der Waals surface area contributed by atoms with Gasteiger partial charge < -0.3 is 14.9 Å². The van der Waals surface area contributed by atoms with Crippen LogP contribution in [-0.2, 0) is 72.9 Å². The number of alkyl halides is 7. The zero-order valence-corrected chi connectivity index (χ0v) is 48.1. The average Bonchev–Trinajstić information content (AvgIpc) is 1.58. The van der Waals surface area contributed by atoms with Crippen molar-refractivity contribution in [2.75, 3.05) is 10.6 Å². The van der Waals surface area contributed by atoms with Gasteiger partial charge in [-0.05, 0) is 90.6 Å². The summed E-state index contributed by atoms with van der Waals surface area (Å²) in [4.78, 5) is 85.2. The number of aromatic nitrogens is 7. The lowest BCUT2D eigenvalue weighted by Crippen LogP contribution is -2.40. The molecule has 0 spiro atoms. The molecule has 1 fully saturated rings. The Labute approximate surface area is 490 Å². The third-order valence-electron chi connectivity index (χ3n) is 14.7. The van der Waals surface area contributed by atoms with Crippen LogP contribution < -0.4 is 19.7 Å². The molecular formula is C55H46ClF9N9O11PS. The number of halogens is 10. The van der Waals surface area contributed by atoms with Crippen LogP contribution in [0.3, 0.4) is 0 Å². The molecule has 2 aliphatic rings. The van der Waals surface area contributed by atoms with E-state index < -0.39 is 166 Å². The topological polar surface area (TPSA) is 271 Å². The number of fused-ring (bicyclic) bond motifs is 5. The highest BCUT2D eigenvalue weighted by Crippen LogP contribution is 2.68. The Balaban J connectivity index is 1.17. The number of rotatable bonds is 18. The second kappa shape index (κ2) is 21.9. The van der Waals surface area contributed by atoms with Crippen molar-refractivity contribution in [1.29, 1.82) is 0 Å². The highest BCUT2D eigenvalue weighted by atomic mass is 35.5. The van der Waals surface area contributed by atoms with E-state index in [1.54, 1.807) is 0 Å². The van der Waals surface area contributed by atoms with Crippen molar-refractivity contribution < 1.29 is 86.3 Å². The minimum Gasteiger partial charge on any atom is -0.481 e. The number of benzene rings is 4. The summed E-state index contributed by atoms with van der Waals surface area (Å²) in [6.45, 7) is 2.95. The first-order valence-corrected chi connectivity index (χ1v) is 29.6. The third kappa shape index (κ3) is 11.9. The van der Waals surface area contributed by atoms with E-state index in [2.05, 4.69) is 20.5 Å². The van der Waals surface area contributed by atoms with Gasteiger partial charge >= 0.3 is 20.0 Å². The molecule has 0 radical (unpaired) electrons. The predicted octanol–water partition coefficient (Wildman–Crippen LogP) is 9.80.